The van der Waals surface area contributed by atoms with E-state index in [1.54, 1.807) is 6.20 Å². The molecule has 0 aliphatic carbocycles. The molecule has 2 unspecified atom stereocenters. The molecule has 3 rings (SSSR count). The van der Waals surface area contributed by atoms with E-state index in [0.29, 0.717) is 19.3 Å². The molecule has 0 radical (unpaired) electrons. The van der Waals surface area contributed by atoms with Gasteiger partial charge in [-0.25, -0.2) is 9.78 Å². The average Bonchev–Trinajstić information content (AvgIpc) is 3.33. The molecule has 0 fully saturated rings. The summed E-state index contributed by atoms with van der Waals surface area (Å²) in [6.45, 7) is 9.40. The Hall–Kier alpha value is -2.74. The van der Waals surface area contributed by atoms with Crippen molar-refractivity contribution in [3.05, 3.63) is 87.9 Å². The van der Waals surface area contributed by atoms with Gasteiger partial charge in [0.2, 0.25) is 0 Å². The van der Waals surface area contributed by atoms with Crippen molar-refractivity contribution >= 4 is 17.4 Å². The number of aromatic nitrogens is 1. The van der Waals surface area contributed by atoms with Crippen LogP contribution in [0.15, 0.2) is 66.9 Å². The van der Waals surface area contributed by atoms with E-state index in [2.05, 4.69) is 22.4 Å². The van der Waals surface area contributed by atoms with Gasteiger partial charge in [-0.15, -0.1) is 11.3 Å². The Balaban J connectivity index is 1.85. The lowest BCUT2D eigenvalue weighted by atomic mass is 9.89. The number of carbonyl (C=O) groups is 1. The van der Waals surface area contributed by atoms with Gasteiger partial charge in [0.05, 0.1) is 28.1 Å². The maximum Gasteiger partial charge on any atom is 0.407 e. The molecule has 0 spiro atoms. The van der Waals surface area contributed by atoms with Gasteiger partial charge in [0, 0.05) is 12.1 Å². The van der Waals surface area contributed by atoms with Crippen LogP contribution in [0.3, 0.4) is 0 Å². The van der Waals surface area contributed by atoms with Crippen LogP contribution in [0.2, 0.25) is 0 Å². The van der Waals surface area contributed by atoms with E-state index in [-0.39, 0.29) is 11.8 Å². The van der Waals surface area contributed by atoms with Crippen LogP contribution in [0.25, 0.3) is 0 Å². The summed E-state index contributed by atoms with van der Waals surface area (Å²) in [5, 5.41) is 25.8. The molecule has 3 aromatic rings. The largest absolute Gasteiger partial charge is 0.444 e. The minimum atomic E-state index is -0.844. The van der Waals surface area contributed by atoms with E-state index in [0.717, 1.165) is 21.0 Å². The van der Waals surface area contributed by atoms with Crippen LogP contribution in [0, 0.1) is 5.92 Å². The Morgan fingerprint density at radius 1 is 0.973 bits per heavy atom. The Labute approximate surface area is 224 Å². The molecule has 1 aromatic heterocycles. The highest BCUT2D eigenvalue weighted by molar-refractivity contribution is 7.11. The number of hydrogen-bond donors (Lipinski definition) is 3. The van der Waals surface area contributed by atoms with Gasteiger partial charge in [0.15, 0.2) is 0 Å². The minimum Gasteiger partial charge on any atom is -0.444 e. The summed E-state index contributed by atoms with van der Waals surface area (Å²) in [5.41, 5.74) is 1.51. The first-order valence-electron chi connectivity index (χ1n) is 12.9. The van der Waals surface area contributed by atoms with Gasteiger partial charge >= 0.3 is 6.09 Å². The number of aliphatic hydroxyl groups excluding tert-OH is 2. The first kappa shape index (κ1) is 28.8. The van der Waals surface area contributed by atoms with Gasteiger partial charge in [-0.1, -0.05) is 74.5 Å². The summed E-state index contributed by atoms with van der Waals surface area (Å²) >= 11 is 1.49. The molecule has 3 N–H and O–H groups in total. The number of benzene rings is 2. The number of rotatable bonds is 11. The summed E-state index contributed by atoms with van der Waals surface area (Å²) in [6, 6.07) is 19.4. The highest BCUT2D eigenvalue weighted by atomic mass is 32.1. The van der Waals surface area contributed by atoms with Crippen molar-refractivity contribution in [3.63, 3.8) is 0 Å². The van der Waals surface area contributed by atoms with Crippen LogP contribution in [-0.4, -0.2) is 39.0 Å². The fourth-order valence-electron chi connectivity index (χ4n) is 4.19. The van der Waals surface area contributed by atoms with Crippen molar-refractivity contribution in [1.29, 1.82) is 0 Å². The molecule has 1 heterocycles. The fourth-order valence-corrected chi connectivity index (χ4v) is 5.38. The molecular formula is C30H40N2O4S. The van der Waals surface area contributed by atoms with Gasteiger partial charge in [-0.2, -0.15) is 0 Å². The molecule has 0 aliphatic rings. The smallest absolute Gasteiger partial charge is 0.407 e. The van der Waals surface area contributed by atoms with Crippen LogP contribution in [0.1, 0.15) is 74.1 Å². The maximum atomic E-state index is 12.7. The number of hydrogen-bond acceptors (Lipinski definition) is 6. The molecule has 1 amide bonds. The van der Waals surface area contributed by atoms with E-state index in [4.69, 9.17) is 4.74 Å². The number of amides is 1. The van der Waals surface area contributed by atoms with Crippen molar-refractivity contribution in [2.24, 2.45) is 5.92 Å². The predicted octanol–water partition coefficient (Wildman–Crippen LogP) is 6.05. The van der Waals surface area contributed by atoms with E-state index >= 15 is 0 Å². The zero-order valence-electron chi connectivity index (χ0n) is 22.4. The molecule has 200 valence electrons. The zero-order valence-corrected chi connectivity index (χ0v) is 23.2. The average molecular weight is 525 g/mol. The van der Waals surface area contributed by atoms with Gasteiger partial charge in [-0.3, -0.25) is 0 Å². The number of aliphatic hydroxyl groups is 2. The highest BCUT2D eigenvalue weighted by Crippen LogP contribution is 2.34. The summed E-state index contributed by atoms with van der Waals surface area (Å²) < 4.78 is 5.49. The minimum absolute atomic E-state index is 0.0831. The molecule has 0 saturated heterocycles. The fraction of sp³-hybridized carbons (Fsp3) is 0.467. The Morgan fingerprint density at radius 2 is 1.54 bits per heavy atom. The summed E-state index contributed by atoms with van der Waals surface area (Å²) in [7, 11) is 0. The van der Waals surface area contributed by atoms with Gasteiger partial charge in [0.25, 0.3) is 0 Å². The molecule has 0 aliphatic heterocycles. The van der Waals surface area contributed by atoms with E-state index in [9.17, 15) is 15.0 Å². The first-order chi connectivity index (χ1) is 17.5. The number of carbonyl (C=O) groups excluding carboxylic acids is 1. The third-order valence-corrected chi connectivity index (χ3v) is 7.36. The van der Waals surface area contributed by atoms with Crippen LogP contribution in [0.5, 0.6) is 0 Å². The SMILES string of the molecule is CC(C)C(O)c1cnc(C(Cc2ccccc2)C[C@H](O)[C@H](Cc2ccccc2)NC(=O)OC(C)(C)C)s1. The maximum absolute atomic E-state index is 12.7. The lowest BCUT2D eigenvalue weighted by Gasteiger charge is -2.29. The number of ether oxygens (including phenoxy) is 1. The second kappa shape index (κ2) is 13.2. The molecule has 0 saturated carbocycles. The number of alkyl carbamates (subject to hydrolysis) is 1. The molecular weight excluding hydrogens is 484 g/mol. The standard InChI is InChI=1S/C30H40N2O4S/c1-20(2)27(34)26-19-31-28(37-26)23(16-21-12-8-6-9-13-21)18-25(33)24(17-22-14-10-7-11-15-22)32-29(35)36-30(3,4)5/h6-15,19-20,23-25,27,33-34H,16-18H2,1-5H3,(H,32,35)/t23?,24-,25-,27?/m0/s1. The van der Waals surface area contributed by atoms with Gasteiger partial charge in [0.1, 0.15) is 5.60 Å². The van der Waals surface area contributed by atoms with Gasteiger partial charge < -0.3 is 20.3 Å². The van der Waals surface area contributed by atoms with Crippen molar-refractivity contribution in [1.82, 2.24) is 10.3 Å². The second-order valence-electron chi connectivity index (χ2n) is 10.9. The third kappa shape index (κ3) is 9.26. The number of nitrogens with one attached hydrogen (secondary N) is 1. The van der Waals surface area contributed by atoms with Crippen molar-refractivity contribution < 1.29 is 19.7 Å². The molecule has 0 bridgehead atoms. The summed E-state index contributed by atoms with van der Waals surface area (Å²) in [6.07, 6.45) is 1.32. The monoisotopic (exact) mass is 524 g/mol. The quantitative estimate of drug-likeness (QED) is 0.284. The van der Waals surface area contributed by atoms with Crippen molar-refractivity contribution in [3.8, 4) is 0 Å². The Kier molecular flexibility index (Phi) is 10.3. The topological polar surface area (TPSA) is 91.7 Å². The predicted molar refractivity (Wildman–Crippen MR) is 149 cm³/mol. The van der Waals surface area contributed by atoms with Gasteiger partial charge in [-0.05, 0) is 57.1 Å². The lowest BCUT2D eigenvalue weighted by Crippen LogP contribution is -2.47. The van der Waals surface area contributed by atoms with Crippen LogP contribution in [0.4, 0.5) is 4.79 Å². The Bertz CT molecular complexity index is 1100. The second-order valence-corrected chi connectivity index (χ2v) is 12.0. The molecule has 37 heavy (non-hydrogen) atoms. The Morgan fingerprint density at radius 3 is 2.08 bits per heavy atom. The van der Waals surface area contributed by atoms with Crippen LogP contribution in [-0.2, 0) is 17.6 Å². The van der Waals surface area contributed by atoms with E-state index < -0.39 is 29.9 Å². The van der Waals surface area contributed by atoms with E-state index in [1.165, 1.54) is 11.3 Å². The number of nitrogens with zero attached hydrogens (tertiary/aromatic N) is 1. The highest BCUT2D eigenvalue weighted by Gasteiger charge is 2.29. The summed E-state index contributed by atoms with van der Waals surface area (Å²) in [5.74, 6) is -0.00559. The van der Waals surface area contributed by atoms with Crippen molar-refractivity contribution in [2.45, 2.75) is 83.6 Å². The molecule has 7 heteroatoms. The number of thiazole rings is 1. The first-order valence-corrected chi connectivity index (χ1v) is 13.7. The lowest BCUT2D eigenvalue weighted by molar-refractivity contribution is 0.0405. The van der Waals surface area contributed by atoms with Crippen molar-refractivity contribution in [2.75, 3.05) is 0 Å². The molecule has 2 aromatic carbocycles. The normalized spacial score (nSPS) is 15.1. The van der Waals surface area contributed by atoms with Crippen LogP contribution >= 0.6 is 11.3 Å². The van der Waals surface area contributed by atoms with E-state index in [1.807, 2.05) is 83.1 Å². The molecule has 6 nitrogen and oxygen atoms in total. The molecule has 4 atom stereocenters. The third-order valence-electron chi connectivity index (χ3n) is 6.13. The zero-order chi connectivity index (χ0) is 27.0. The van der Waals surface area contributed by atoms with Crippen LogP contribution < -0.4 is 5.32 Å². The summed E-state index contributed by atoms with van der Waals surface area (Å²) in [4.78, 5) is 18.2.